The molecule has 1 fully saturated rings. The van der Waals surface area contributed by atoms with Crippen molar-refractivity contribution in [1.82, 2.24) is 10.2 Å². The molecule has 1 unspecified atom stereocenters. The third kappa shape index (κ3) is 4.35. The number of hydrogen-bond acceptors (Lipinski definition) is 2. The van der Waals surface area contributed by atoms with Gasteiger partial charge in [0.2, 0.25) is 5.91 Å². The van der Waals surface area contributed by atoms with E-state index in [1.165, 1.54) is 24.0 Å². The second-order valence-electron chi connectivity index (χ2n) is 5.55. The van der Waals surface area contributed by atoms with E-state index < -0.39 is 0 Å². The molecule has 1 N–H and O–H groups in total. The van der Waals surface area contributed by atoms with Crippen LogP contribution in [-0.2, 0) is 11.2 Å². The molecule has 2 rings (SSSR count). The van der Waals surface area contributed by atoms with E-state index in [0.29, 0.717) is 12.5 Å². The number of carbonyl (C=O) groups excluding carboxylic acids is 1. The van der Waals surface area contributed by atoms with E-state index in [4.69, 9.17) is 0 Å². The first kappa shape index (κ1) is 14.1. The maximum atomic E-state index is 12.1. The zero-order valence-electron chi connectivity index (χ0n) is 12.0. The molecule has 0 saturated carbocycles. The van der Waals surface area contributed by atoms with Crippen LogP contribution in [0.5, 0.6) is 0 Å². The average molecular weight is 260 g/mol. The maximum absolute atomic E-state index is 12.1. The second kappa shape index (κ2) is 6.71. The van der Waals surface area contributed by atoms with Crippen molar-refractivity contribution in [3.05, 3.63) is 35.4 Å². The molecule has 0 radical (unpaired) electrons. The molecular weight excluding hydrogens is 236 g/mol. The minimum absolute atomic E-state index is 0.245. The number of rotatable bonds is 5. The lowest BCUT2D eigenvalue weighted by Crippen LogP contribution is -2.38. The fraction of sp³-hybridized carbons (Fsp3) is 0.562. The van der Waals surface area contributed by atoms with Crippen LogP contribution in [-0.4, -0.2) is 37.0 Å². The fourth-order valence-corrected chi connectivity index (χ4v) is 2.54. The van der Waals surface area contributed by atoms with Gasteiger partial charge in [0, 0.05) is 26.1 Å². The Morgan fingerprint density at radius 2 is 2.11 bits per heavy atom. The Hall–Kier alpha value is -1.35. The highest BCUT2D eigenvalue weighted by molar-refractivity contribution is 5.76. The van der Waals surface area contributed by atoms with Crippen molar-refractivity contribution in [3.63, 3.8) is 0 Å². The monoisotopic (exact) mass is 260 g/mol. The summed E-state index contributed by atoms with van der Waals surface area (Å²) in [6.07, 6.45) is 3.86. The topological polar surface area (TPSA) is 32.3 Å². The molecular formula is C16H24N2O. The zero-order valence-corrected chi connectivity index (χ0v) is 12.0. The molecule has 0 aliphatic carbocycles. The van der Waals surface area contributed by atoms with Gasteiger partial charge < -0.3 is 10.2 Å². The first-order chi connectivity index (χ1) is 9.15. The summed E-state index contributed by atoms with van der Waals surface area (Å²) in [6, 6.07) is 8.92. The standard InChI is InChI=1S/C16H24N2O/c1-13-5-7-14(8-6-13)9-10-16(19)18(2)12-15-4-3-11-17-15/h5-8,15,17H,3-4,9-12H2,1-2H3. The van der Waals surface area contributed by atoms with Gasteiger partial charge in [0.25, 0.3) is 0 Å². The Kier molecular flexibility index (Phi) is 4.97. The smallest absolute Gasteiger partial charge is 0.222 e. The highest BCUT2D eigenvalue weighted by Gasteiger charge is 2.18. The van der Waals surface area contributed by atoms with E-state index in [9.17, 15) is 4.79 Å². The van der Waals surface area contributed by atoms with E-state index in [2.05, 4.69) is 36.5 Å². The summed E-state index contributed by atoms with van der Waals surface area (Å²) in [5.74, 6) is 0.245. The average Bonchev–Trinajstić information content (AvgIpc) is 2.90. The van der Waals surface area contributed by atoms with Crippen molar-refractivity contribution in [3.8, 4) is 0 Å². The van der Waals surface area contributed by atoms with Crippen molar-refractivity contribution in [2.45, 2.75) is 38.6 Å². The third-order valence-electron chi connectivity index (χ3n) is 3.83. The summed E-state index contributed by atoms with van der Waals surface area (Å²) in [5.41, 5.74) is 2.51. The van der Waals surface area contributed by atoms with Crippen molar-refractivity contribution in [2.75, 3.05) is 20.1 Å². The number of carbonyl (C=O) groups is 1. The maximum Gasteiger partial charge on any atom is 0.222 e. The molecule has 1 aliphatic heterocycles. The van der Waals surface area contributed by atoms with Gasteiger partial charge >= 0.3 is 0 Å². The lowest BCUT2D eigenvalue weighted by atomic mass is 10.1. The van der Waals surface area contributed by atoms with Crippen LogP contribution < -0.4 is 5.32 Å². The van der Waals surface area contributed by atoms with Gasteiger partial charge in [-0.15, -0.1) is 0 Å². The summed E-state index contributed by atoms with van der Waals surface area (Å²) in [4.78, 5) is 13.9. The van der Waals surface area contributed by atoms with Gasteiger partial charge in [-0.3, -0.25) is 4.79 Å². The Balaban J connectivity index is 1.75. The van der Waals surface area contributed by atoms with Crippen LogP contribution in [0, 0.1) is 6.92 Å². The summed E-state index contributed by atoms with van der Waals surface area (Å²) in [6.45, 7) is 4.01. The van der Waals surface area contributed by atoms with Gasteiger partial charge in [-0.25, -0.2) is 0 Å². The molecule has 1 atom stereocenters. The lowest BCUT2D eigenvalue weighted by Gasteiger charge is -2.21. The van der Waals surface area contributed by atoms with Crippen LogP contribution in [0.1, 0.15) is 30.4 Å². The van der Waals surface area contributed by atoms with E-state index in [1.54, 1.807) is 0 Å². The molecule has 3 nitrogen and oxygen atoms in total. The summed E-state index contributed by atoms with van der Waals surface area (Å²) in [5, 5.41) is 3.43. The number of aryl methyl sites for hydroxylation is 2. The van der Waals surface area contributed by atoms with E-state index in [-0.39, 0.29) is 5.91 Å². The minimum atomic E-state index is 0.245. The van der Waals surface area contributed by atoms with E-state index in [1.807, 2.05) is 11.9 Å². The molecule has 104 valence electrons. The highest BCUT2D eigenvalue weighted by atomic mass is 16.2. The summed E-state index contributed by atoms with van der Waals surface area (Å²) >= 11 is 0. The van der Waals surface area contributed by atoms with E-state index in [0.717, 1.165) is 19.5 Å². The normalized spacial score (nSPS) is 18.5. The van der Waals surface area contributed by atoms with Crippen LogP contribution in [0.3, 0.4) is 0 Å². The number of benzene rings is 1. The first-order valence-electron chi connectivity index (χ1n) is 7.18. The summed E-state index contributed by atoms with van der Waals surface area (Å²) in [7, 11) is 1.91. The SMILES string of the molecule is Cc1ccc(CCC(=O)N(C)CC2CCCN2)cc1. The van der Waals surface area contributed by atoms with Crippen molar-refractivity contribution in [2.24, 2.45) is 0 Å². The van der Waals surface area contributed by atoms with Gasteiger partial charge in [0.05, 0.1) is 0 Å². The molecule has 1 amide bonds. The molecule has 19 heavy (non-hydrogen) atoms. The van der Waals surface area contributed by atoms with Crippen LogP contribution in [0.2, 0.25) is 0 Å². The molecule has 1 aromatic rings. The number of nitrogens with one attached hydrogen (secondary N) is 1. The molecule has 0 bridgehead atoms. The molecule has 3 heteroatoms. The Bertz CT molecular complexity index is 407. The van der Waals surface area contributed by atoms with E-state index >= 15 is 0 Å². The lowest BCUT2D eigenvalue weighted by molar-refractivity contribution is -0.130. The predicted octanol–water partition coefficient (Wildman–Crippen LogP) is 2.14. The number of likely N-dealkylation sites (N-methyl/N-ethyl adjacent to an activating group) is 1. The largest absolute Gasteiger partial charge is 0.344 e. The Morgan fingerprint density at radius 3 is 2.74 bits per heavy atom. The summed E-state index contributed by atoms with van der Waals surface area (Å²) < 4.78 is 0. The molecule has 1 saturated heterocycles. The molecule has 1 heterocycles. The molecule has 0 aromatic heterocycles. The van der Waals surface area contributed by atoms with Gasteiger partial charge in [-0.05, 0) is 38.3 Å². The van der Waals surface area contributed by atoms with Crippen molar-refractivity contribution < 1.29 is 4.79 Å². The Labute approximate surface area is 116 Å². The van der Waals surface area contributed by atoms with Crippen LogP contribution in [0.15, 0.2) is 24.3 Å². The van der Waals surface area contributed by atoms with Crippen molar-refractivity contribution >= 4 is 5.91 Å². The first-order valence-corrected chi connectivity index (χ1v) is 7.18. The molecule has 0 spiro atoms. The second-order valence-corrected chi connectivity index (χ2v) is 5.55. The van der Waals surface area contributed by atoms with Crippen LogP contribution >= 0.6 is 0 Å². The van der Waals surface area contributed by atoms with Gasteiger partial charge in [0.1, 0.15) is 0 Å². The molecule has 1 aromatic carbocycles. The fourth-order valence-electron chi connectivity index (χ4n) is 2.54. The quantitative estimate of drug-likeness (QED) is 0.879. The third-order valence-corrected chi connectivity index (χ3v) is 3.83. The van der Waals surface area contributed by atoms with Gasteiger partial charge in [-0.1, -0.05) is 29.8 Å². The highest BCUT2D eigenvalue weighted by Crippen LogP contribution is 2.09. The Morgan fingerprint density at radius 1 is 1.37 bits per heavy atom. The number of hydrogen-bond donors (Lipinski definition) is 1. The minimum Gasteiger partial charge on any atom is -0.344 e. The predicted molar refractivity (Wildman–Crippen MR) is 78.2 cm³/mol. The number of amides is 1. The van der Waals surface area contributed by atoms with Gasteiger partial charge in [-0.2, -0.15) is 0 Å². The molecule has 1 aliphatic rings. The van der Waals surface area contributed by atoms with Gasteiger partial charge in [0.15, 0.2) is 0 Å². The van der Waals surface area contributed by atoms with Crippen molar-refractivity contribution in [1.29, 1.82) is 0 Å². The zero-order chi connectivity index (χ0) is 13.7. The number of nitrogens with zero attached hydrogens (tertiary/aromatic N) is 1. The van der Waals surface area contributed by atoms with Crippen LogP contribution in [0.4, 0.5) is 0 Å². The van der Waals surface area contributed by atoms with Crippen LogP contribution in [0.25, 0.3) is 0 Å².